The Labute approximate surface area is 167 Å². The van der Waals surface area contributed by atoms with E-state index in [-0.39, 0.29) is 29.2 Å². The number of nitrogens with zero attached hydrogens (tertiary/aromatic N) is 4. The Kier molecular flexibility index (Phi) is 5.57. The molecule has 1 aromatic heterocycles. The summed E-state index contributed by atoms with van der Waals surface area (Å²) in [5.41, 5.74) is 1.93. The minimum atomic E-state index is -0.528. The van der Waals surface area contributed by atoms with Gasteiger partial charge < -0.3 is 5.11 Å². The molecule has 0 fully saturated rings. The zero-order chi connectivity index (χ0) is 20.3. The molecule has 3 rings (SSSR count). The molecule has 1 heterocycles. The number of halogens is 1. The van der Waals surface area contributed by atoms with Crippen LogP contribution in [0.2, 0.25) is 5.02 Å². The number of aromatic hydroxyl groups is 1. The van der Waals surface area contributed by atoms with Crippen molar-refractivity contribution < 1.29 is 5.11 Å². The number of benzene rings is 2. The average Bonchev–Trinajstić information content (AvgIpc) is 2.69. The van der Waals surface area contributed by atoms with E-state index in [0.717, 1.165) is 15.7 Å². The van der Waals surface area contributed by atoms with E-state index in [9.17, 15) is 15.2 Å². The normalized spacial score (nSPS) is 10.9. The Hall–Kier alpha value is -3.43. The maximum absolute atomic E-state index is 12.9. The van der Waals surface area contributed by atoms with Gasteiger partial charge in [0.2, 0.25) is 5.88 Å². The van der Waals surface area contributed by atoms with Crippen LogP contribution in [0.25, 0.3) is 0 Å². The van der Waals surface area contributed by atoms with E-state index in [1.807, 2.05) is 43.3 Å². The molecule has 6 nitrogen and oxygen atoms in total. The third kappa shape index (κ3) is 3.80. The van der Waals surface area contributed by atoms with Gasteiger partial charge in [0.25, 0.3) is 5.56 Å². The number of aryl methyl sites for hydroxylation is 1. The van der Waals surface area contributed by atoms with E-state index in [4.69, 9.17) is 11.6 Å². The quantitative estimate of drug-likeness (QED) is 0.621. The fourth-order valence-electron chi connectivity index (χ4n) is 2.72. The molecule has 2 aromatic carbocycles. The van der Waals surface area contributed by atoms with Gasteiger partial charge in [0, 0.05) is 10.6 Å². The average molecular weight is 393 g/mol. The summed E-state index contributed by atoms with van der Waals surface area (Å²) < 4.78 is 1.12. The van der Waals surface area contributed by atoms with E-state index in [1.165, 1.54) is 0 Å². The summed E-state index contributed by atoms with van der Waals surface area (Å²) in [5, 5.41) is 28.6. The highest BCUT2D eigenvalue weighted by Crippen LogP contribution is 2.28. The van der Waals surface area contributed by atoms with Crippen LogP contribution in [0.15, 0.2) is 63.6 Å². The van der Waals surface area contributed by atoms with Gasteiger partial charge in [0.05, 0.1) is 12.2 Å². The molecule has 0 saturated heterocycles. The van der Waals surface area contributed by atoms with Gasteiger partial charge in [0.15, 0.2) is 5.69 Å². The van der Waals surface area contributed by atoms with Gasteiger partial charge in [-0.2, -0.15) is 10.4 Å². The van der Waals surface area contributed by atoms with Crippen LogP contribution in [0.3, 0.4) is 0 Å². The van der Waals surface area contributed by atoms with Gasteiger partial charge in [0.1, 0.15) is 11.6 Å². The van der Waals surface area contributed by atoms with Gasteiger partial charge in [-0.05, 0) is 37.1 Å². The third-order valence-corrected chi connectivity index (χ3v) is 4.78. The Bertz CT molecular complexity index is 1160. The Morgan fingerprint density at radius 2 is 1.86 bits per heavy atom. The van der Waals surface area contributed by atoms with E-state index in [1.54, 1.807) is 25.1 Å². The second-order valence-electron chi connectivity index (χ2n) is 6.29. The number of hydrogen-bond acceptors (Lipinski definition) is 5. The minimum absolute atomic E-state index is 0.00183. The summed E-state index contributed by atoms with van der Waals surface area (Å²) in [6, 6.07) is 16.3. The van der Waals surface area contributed by atoms with Crippen molar-refractivity contribution in [3.05, 3.63) is 86.2 Å². The number of aromatic nitrogens is 1. The largest absolute Gasteiger partial charge is 0.493 e. The fraction of sp³-hybridized carbons (Fsp3) is 0.143. The van der Waals surface area contributed by atoms with Crippen molar-refractivity contribution in [1.82, 2.24) is 4.57 Å². The molecule has 0 aliphatic carbocycles. The van der Waals surface area contributed by atoms with Crippen LogP contribution in [0.5, 0.6) is 5.88 Å². The van der Waals surface area contributed by atoms with Crippen LogP contribution >= 0.6 is 11.6 Å². The van der Waals surface area contributed by atoms with E-state index in [0.29, 0.717) is 10.7 Å². The first kappa shape index (κ1) is 19.3. The maximum atomic E-state index is 12.9. The molecule has 0 unspecified atom stereocenters. The van der Waals surface area contributed by atoms with Crippen molar-refractivity contribution in [3.8, 4) is 11.9 Å². The topological polar surface area (TPSA) is 90.7 Å². The number of rotatable bonds is 4. The SMILES string of the molecule is Cc1ccc(N=Nc2c(C)c(C#N)c(O)n(Cc3ccccc3)c2=O)cc1Cl. The van der Waals surface area contributed by atoms with Gasteiger partial charge >= 0.3 is 0 Å². The van der Waals surface area contributed by atoms with Gasteiger partial charge in [-0.15, -0.1) is 5.11 Å². The van der Waals surface area contributed by atoms with E-state index in [2.05, 4.69) is 10.2 Å². The van der Waals surface area contributed by atoms with Crippen LogP contribution in [0.1, 0.15) is 22.3 Å². The van der Waals surface area contributed by atoms with Crippen LogP contribution in [-0.2, 0) is 6.54 Å². The molecule has 0 amide bonds. The van der Waals surface area contributed by atoms with Gasteiger partial charge in [-0.1, -0.05) is 48.0 Å². The van der Waals surface area contributed by atoms with Gasteiger partial charge in [-0.25, -0.2) is 0 Å². The first-order valence-corrected chi connectivity index (χ1v) is 8.88. The lowest BCUT2D eigenvalue weighted by molar-refractivity contribution is 0.412. The highest BCUT2D eigenvalue weighted by Gasteiger charge is 2.19. The lowest BCUT2D eigenvalue weighted by atomic mass is 10.1. The van der Waals surface area contributed by atoms with Crippen molar-refractivity contribution in [2.75, 3.05) is 0 Å². The Balaban J connectivity index is 2.11. The third-order valence-electron chi connectivity index (χ3n) is 4.37. The lowest BCUT2D eigenvalue weighted by Crippen LogP contribution is -2.22. The van der Waals surface area contributed by atoms with E-state index >= 15 is 0 Å². The van der Waals surface area contributed by atoms with Crippen molar-refractivity contribution in [2.24, 2.45) is 10.2 Å². The molecule has 3 aromatic rings. The molecule has 0 spiro atoms. The summed E-state index contributed by atoms with van der Waals surface area (Å²) in [6.07, 6.45) is 0. The minimum Gasteiger partial charge on any atom is -0.493 e. The fourth-order valence-corrected chi connectivity index (χ4v) is 2.90. The molecular weight excluding hydrogens is 376 g/mol. The zero-order valence-corrected chi connectivity index (χ0v) is 16.1. The molecule has 140 valence electrons. The predicted molar refractivity (Wildman–Crippen MR) is 108 cm³/mol. The smallest absolute Gasteiger partial charge is 0.281 e. The molecule has 7 heteroatoms. The number of azo groups is 1. The number of nitriles is 1. The molecular formula is C21H17ClN4O2. The van der Waals surface area contributed by atoms with Crippen LogP contribution < -0.4 is 5.56 Å². The van der Waals surface area contributed by atoms with Gasteiger partial charge in [-0.3, -0.25) is 9.36 Å². The Morgan fingerprint density at radius 3 is 2.50 bits per heavy atom. The molecule has 0 bridgehead atoms. The summed E-state index contributed by atoms with van der Waals surface area (Å²) in [4.78, 5) is 12.9. The molecule has 0 aliphatic heterocycles. The number of hydrogen-bond donors (Lipinski definition) is 1. The highest BCUT2D eigenvalue weighted by atomic mass is 35.5. The van der Waals surface area contributed by atoms with Crippen LogP contribution in [-0.4, -0.2) is 9.67 Å². The first-order chi connectivity index (χ1) is 13.4. The monoisotopic (exact) mass is 392 g/mol. The lowest BCUT2D eigenvalue weighted by Gasteiger charge is -2.13. The molecule has 28 heavy (non-hydrogen) atoms. The van der Waals surface area contributed by atoms with Crippen molar-refractivity contribution in [1.29, 1.82) is 5.26 Å². The standard InChI is InChI=1S/C21H17ClN4O2/c1-13-8-9-16(10-18(13)22)24-25-19-14(2)17(11-23)20(27)26(21(19)28)12-15-6-4-3-5-7-15/h3-10,27H,12H2,1-2H3. The van der Waals surface area contributed by atoms with Crippen molar-refractivity contribution in [2.45, 2.75) is 20.4 Å². The first-order valence-electron chi connectivity index (χ1n) is 8.50. The van der Waals surface area contributed by atoms with Crippen LogP contribution in [0, 0.1) is 25.2 Å². The zero-order valence-electron chi connectivity index (χ0n) is 15.3. The number of pyridine rings is 1. The molecule has 0 atom stereocenters. The van der Waals surface area contributed by atoms with Crippen LogP contribution in [0.4, 0.5) is 11.4 Å². The molecule has 0 radical (unpaired) electrons. The molecule has 1 N–H and O–H groups in total. The summed E-state index contributed by atoms with van der Waals surface area (Å²) in [6.45, 7) is 3.54. The second kappa shape index (κ2) is 8.07. The summed E-state index contributed by atoms with van der Waals surface area (Å²) in [5.74, 6) is -0.383. The Morgan fingerprint density at radius 1 is 1.14 bits per heavy atom. The summed E-state index contributed by atoms with van der Waals surface area (Å²) in [7, 11) is 0. The van der Waals surface area contributed by atoms with E-state index < -0.39 is 5.56 Å². The summed E-state index contributed by atoms with van der Waals surface area (Å²) >= 11 is 6.10. The second-order valence-corrected chi connectivity index (χ2v) is 6.70. The highest BCUT2D eigenvalue weighted by molar-refractivity contribution is 6.31. The molecule has 0 aliphatic rings. The predicted octanol–water partition coefficient (Wildman–Crippen LogP) is 5.16. The van der Waals surface area contributed by atoms with Crippen molar-refractivity contribution >= 4 is 23.0 Å². The molecule has 0 saturated carbocycles. The van der Waals surface area contributed by atoms with Crippen molar-refractivity contribution in [3.63, 3.8) is 0 Å². The maximum Gasteiger partial charge on any atom is 0.281 e.